The topological polar surface area (TPSA) is 86.5 Å². The number of nitrogens with zero attached hydrogens (tertiary/aromatic N) is 2. The van der Waals surface area contributed by atoms with Crippen molar-refractivity contribution in [2.24, 2.45) is 5.92 Å². The predicted molar refractivity (Wildman–Crippen MR) is 86.9 cm³/mol. The minimum atomic E-state index is 0.124. The molecule has 24 heavy (non-hydrogen) atoms. The molecule has 1 saturated carbocycles. The molecular formula is C17H21N3O4. The summed E-state index contributed by atoms with van der Waals surface area (Å²) in [6, 6.07) is 5.41. The van der Waals surface area contributed by atoms with Gasteiger partial charge in [-0.1, -0.05) is 11.6 Å². The standard InChI is InChI=1S/C17H21N3O4/c1-22-13-8-12(9-14(10-13)23-2)16-19-15(24-20-16)6-7-18-17(21)11-4-3-5-11/h8-11H,3-7H2,1-2H3,(H,18,21). The largest absolute Gasteiger partial charge is 0.497 e. The Hall–Kier alpha value is -2.57. The Morgan fingerprint density at radius 3 is 2.54 bits per heavy atom. The van der Waals surface area contributed by atoms with Crippen LogP contribution in [0.25, 0.3) is 11.4 Å². The predicted octanol–water partition coefficient (Wildman–Crippen LogP) is 2.21. The normalized spacial score (nSPS) is 14.1. The summed E-state index contributed by atoms with van der Waals surface area (Å²) < 4.78 is 15.7. The molecule has 2 aromatic rings. The highest BCUT2D eigenvalue weighted by atomic mass is 16.5. The van der Waals surface area contributed by atoms with Crippen LogP contribution in [0.2, 0.25) is 0 Å². The highest BCUT2D eigenvalue weighted by Crippen LogP contribution is 2.28. The molecule has 1 aromatic heterocycles. The lowest BCUT2D eigenvalue weighted by atomic mass is 9.85. The third-order valence-corrected chi connectivity index (χ3v) is 4.19. The molecule has 1 aliphatic rings. The number of benzene rings is 1. The van der Waals surface area contributed by atoms with Crippen molar-refractivity contribution in [3.8, 4) is 22.9 Å². The van der Waals surface area contributed by atoms with Gasteiger partial charge in [-0.25, -0.2) is 0 Å². The van der Waals surface area contributed by atoms with Crippen LogP contribution in [0.5, 0.6) is 11.5 Å². The SMILES string of the molecule is COc1cc(OC)cc(-c2noc(CCNC(=O)C3CCC3)n2)c1. The number of carbonyl (C=O) groups is 1. The Balaban J connectivity index is 1.61. The van der Waals surface area contributed by atoms with E-state index in [9.17, 15) is 4.79 Å². The van der Waals surface area contributed by atoms with Gasteiger partial charge in [0.05, 0.1) is 14.2 Å². The summed E-state index contributed by atoms with van der Waals surface area (Å²) in [5.41, 5.74) is 0.750. The van der Waals surface area contributed by atoms with Crippen molar-refractivity contribution in [3.63, 3.8) is 0 Å². The van der Waals surface area contributed by atoms with Crippen molar-refractivity contribution in [1.29, 1.82) is 0 Å². The van der Waals surface area contributed by atoms with Gasteiger partial charge in [-0.05, 0) is 25.0 Å². The Bertz CT molecular complexity index is 687. The summed E-state index contributed by atoms with van der Waals surface area (Å²) in [7, 11) is 3.18. The van der Waals surface area contributed by atoms with Crippen LogP contribution >= 0.6 is 0 Å². The van der Waals surface area contributed by atoms with Crippen LogP contribution in [0.15, 0.2) is 22.7 Å². The number of hydrogen-bond acceptors (Lipinski definition) is 6. The van der Waals surface area contributed by atoms with Gasteiger partial charge in [0.2, 0.25) is 17.6 Å². The number of nitrogens with one attached hydrogen (secondary N) is 1. The molecule has 1 amide bonds. The number of carbonyl (C=O) groups excluding carboxylic acids is 1. The number of ether oxygens (including phenoxy) is 2. The molecule has 7 nitrogen and oxygen atoms in total. The van der Waals surface area contributed by atoms with Gasteiger partial charge in [0, 0.05) is 30.5 Å². The molecule has 3 rings (SSSR count). The van der Waals surface area contributed by atoms with Gasteiger partial charge < -0.3 is 19.3 Å². The van der Waals surface area contributed by atoms with Gasteiger partial charge >= 0.3 is 0 Å². The summed E-state index contributed by atoms with van der Waals surface area (Å²) >= 11 is 0. The van der Waals surface area contributed by atoms with Crippen LogP contribution in [-0.4, -0.2) is 36.8 Å². The van der Waals surface area contributed by atoms with Crippen molar-refractivity contribution in [1.82, 2.24) is 15.5 Å². The smallest absolute Gasteiger partial charge is 0.228 e. The summed E-state index contributed by atoms with van der Waals surface area (Å²) in [5.74, 6) is 2.58. The fraction of sp³-hybridized carbons (Fsp3) is 0.471. The van der Waals surface area contributed by atoms with Gasteiger partial charge in [0.25, 0.3) is 0 Å². The first kappa shape index (κ1) is 16.3. The second kappa shape index (κ2) is 7.33. The molecule has 0 saturated heterocycles. The maximum Gasteiger partial charge on any atom is 0.228 e. The quantitative estimate of drug-likeness (QED) is 0.837. The van der Waals surface area contributed by atoms with E-state index in [0.717, 1.165) is 24.8 Å². The zero-order valence-electron chi connectivity index (χ0n) is 13.9. The van der Waals surface area contributed by atoms with Crippen molar-refractivity contribution >= 4 is 5.91 Å². The zero-order valence-corrected chi connectivity index (χ0v) is 13.9. The molecule has 0 unspecified atom stereocenters. The number of rotatable bonds is 7. The van der Waals surface area contributed by atoms with E-state index >= 15 is 0 Å². The molecule has 0 aliphatic heterocycles. The molecule has 0 bridgehead atoms. The first-order valence-electron chi connectivity index (χ1n) is 8.03. The molecule has 7 heteroatoms. The van der Waals surface area contributed by atoms with Crippen molar-refractivity contribution < 1.29 is 18.8 Å². The average molecular weight is 331 g/mol. The van der Waals surface area contributed by atoms with Crippen LogP contribution in [0.4, 0.5) is 0 Å². The lowest BCUT2D eigenvalue weighted by molar-refractivity contribution is -0.127. The summed E-state index contributed by atoms with van der Waals surface area (Å²) in [5, 5.41) is 6.90. The molecule has 1 fully saturated rings. The highest BCUT2D eigenvalue weighted by molar-refractivity contribution is 5.79. The van der Waals surface area contributed by atoms with Gasteiger partial charge in [-0.15, -0.1) is 0 Å². The summed E-state index contributed by atoms with van der Waals surface area (Å²) in [6.07, 6.45) is 3.64. The number of methoxy groups -OCH3 is 2. The monoisotopic (exact) mass is 331 g/mol. The van der Waals surface area contributed by atoms with Crippen LogP contribution in [0, 0.1) is 5.92 Å². The molecule has 0 radical (unpaired) electrons. The van der Waals surface area contributed by atoms with Crippen LogP contribution in [-0.2, 0) is 11.2 Å². The molecule has 0 atom stereocenters. The fourth-order valence-electron chi connectivity index (χ4n) is 2.52. The van der Waals surface area contributed by atoms with E-state index in [4.69, 9.17) is 14.0 Å². The molecular weight excluding hydrogens is 310 g/mol. The zero-order chi connectivity index (χ0) is 16.9. The van der Waals surface area contributed by atoms with E-state index in [1.165, 1.54) is 0 Å². The molecule has 128 valence electrons. The fourth-order valence-corrected chi connectivity index (χ4v) is 2.52. The third-order valence-electron chi connectivity index (χ3n) is 4.19. The minimum Gasteiger partial charge on any atom is -0.497 e. The average Bonchev–Trinajstić information content (AvgIpc) is 3.01. The number of aromatic nitrogens is 2. The lowest BCUT2D eigenvalue weighted by Crippen LogP contribution is -2.35. The van der Waals surface area contributed by atoms with E-state index in [1.54, 1.807) is 20.3 Å². The molecule has 1 N–H and O–H groups in total. The van der Waals surface area contributed by atoms with Crippen molar-refractivity contribution in [2.75, 3.05) is 20.8 Å². The second-order valence-electron chi connectivity index (χ2n) is 5.78. The number of amides is 1. The molecule has 1 aliphatic carbocycles. The Kier molecular flexibility index (Phi) is 4.98. The molecule has 1 heterocycles. The minimum absolute atomic E-state index is 0.124. The van der Waals surface area contributed by atoms with E-state index < -0.39 is 0 Å². The Morgan fingerprint density at radius 2 is 1.96 bits per heavy atom. The number of hydrogen-bond donors (Lipinski definition) is 1. The van der Waals surface area contributed by atoms with Gasteiger partial charge in [-0.3, -0.25) is 4.79 Å². The second-order valence-corrected chi connectivity index (χ2v) is 5.78. The first-order valence-corrected chi connectivity index (χ1v) is 8.03. The van der Waals surface area contributed by atoms with Crippen molar-refractivity contribution in [2.45, 2.75) is 25.7 Å². The van der Waals surface area contributed by atoms with E-state index in [2.05, 4.69) is 15.5 Å². The Labute approximate surface area is 140 Å². The van der Waals surface area contributed by atoms with Gasteiger partial charge in [0.15, 0.2) is 0 Å². The van der Waals surface area contributed by atoms with E-state index in [1.807, 2.05) is 12.1 Å². The van der Waals surface area contributed by atoms with Gasteiger partial charge in [-0.2, -0.15) is 4.98 Å². The van der Waals surface area contributed by atoms with E-state index in [-0.39, 0.29) is 11.8 Å². The van der Waals surface area contributed by atoms with Crippen LogP contribution < -0.4 is 14.8 Å². The maximum atomic E-state index is 11.8. The first-order chi connectivity index (χ1) is 11.7. The summed E-state index contributed by atoms with van der Waals surface area (Å²) in [4.78, 5) is 16.1. The third kappa shape index (κ3) is 3.67. The highest BCUT2D eigenvalue weighted by Gasteiger charge is 2.24. The van der Waals surface area contributed by atoms with E-state index in [0.29, 0.717) is 36.2 Å². The maximum absolute atomic E-state index is 11.8. The molecule has 1 aromatic carbocycles. The molecule has 0 spiro atoms. The lowest BCUT2D eigenvalue weighted by Gasteiger charge is -2.23. The summed E-state index contributed by atoms with van der Waals surface area (Å²) in [6.45, 7) is 0.498. The van der Waals surface area contributed by atoms with Crippen LogP contribution in [0.1, 0.15) is 25.2 Å². The van der Waals surface area contributed by atoms with Crippen molar-refractivity contribution in [3.05, 3.63) is 24.1 Å². The van der Waals surface area contributed by atoms with Gasteiger partial charge in [0.1, 0.15) is 11.5 Å². The van der Waals surface area contributed by atoms with Crippen LogP contribution in [0.3, 0.4) is 0 Å². The Morgan fingerprint density at radius 1 is 1.25 bits per heavy atom.